The Kier molecular flexibility index (Phi) is 4.52. The summed E-state index contributed by atoms with van der Waals surface area (Å²) in [6.07, 6.45) is 7.87. The molecule has 5 heteroatoms. The number of benzene rings is 1. The van der Waals surface area contributed by atoms with Crippen molar-refractivity contribution in [1.82, 2.24) is 19.6 Å². The van der Waals surface area contributed by atoms with E-state index in [4.69, 9.17) is 0 Å². The Morgan fingerprint density at radius 1 is 1.07 bits per heavy atom. The molecule has 4 aliphatic heterocycles. The molecule has 4 nitrogen and oxygen atoms in total. The number of halogens is 1. The van der Waals surface area contributed by atoms with Crippen molar-refractivity contribution in [1.29, 1.82) is 0 Å². The summed E-state index contributed by atoms with van der Waals surface area (Å²) in [5, 5.41) is 4.42. The van der Waals surface area contributed by atoms with Crippen LogP contribution in [0.15, 0.2) is 36.7 Å². The van der Waals surface area contributed by atoms with Gasteiger partial charge in [-0.15, -0.1) is 0 Å². The third-order valence-corrected chi connectivity index (χ3v) is 6.99. The van der Waals surface area contributed by atoms with Gasteiger partial charge in [0, 0.05) is 43.8 Å². The van der Waals surface area contributed by atoms with Crippen LogP contribution >= 0.6 is 0 Å². The van der Waals surface area contributed by atoms with Gasteiger partial charge in [-0.05, 0) is 68.5 Å². The van der Waals surface area contributed by atoms with Gasteiger partial charge in [0.2, 0.25) is 0 Å². The van der Waals surface area contributed by atoms with E-state index in [1.165, 1.54) is 37.1 Å². The highest BCUT2D eigenvalue weighted by atomic mass is 19.1. The molecule has 0 spiro atoms. The normalized spacial score (nSPS) is 32.7. The molecule has 0 N–H and O–H groups in total. The quantitative estimate of drug-likeness (QED) is 0.809. The van der Waals surface area contributed by atoms with Gasteiger partial charge < -0.3 is 0 Å². The minimum absolute atomic E-state index is 0.134. The third kappa shape index (κ3) is 3.21. The zero-order chi connectivity index (χ0) is 18.4. The summed E-state index contributed by atoms with van der Waals surface area (Å²) in [7, 11) is 0. The summed E-state index contributed by atoms with van der Waals surface area (Å²) in [6.45, 7) is 7.79. The van der Waals surface area contributed by atoms with Gasteiger partial charge in [0.1, 0.15) is 5.82 Å². The molecule has 2 aromatic rings. The van der Waals surface area contributed by atoms with Crippen molar-refractivity contribution in [3.05, 3.63) is 53.6 Å². The second-order valence-corrected chi connectivity index (χ2v) is 8.64. The fourth-order valence-corrected chi connectivity index (χ4v) is 5.82. The molecule has 4 aliphatic rings. The minimum Gasteiger partial charge on any atom is -0.298 e. The number of aryl methyl sites for hydroxylation is 2. The Morgan fingerprint density at radius 3 is 2.56 bits per heavy atom. The van der Waals surface area contributed by atoms with E-state index < -0.39 is 0 Å². The fourth-order valence-electron chi connectivity index (χ4n) is 5.82. The first-order chi connectivity index (χ1) is 13.2. The van der Waals surface area contributed by atoms with E-state index in [9.17, 15) is 4.39 Å². The maximum atomic E-state index is 13.4. The van der Waals surface area contributed by atoms with Gasteiger partial charge in [0.05, 0.1) is 6.20 Å². The molecule has 4 fully saturated rings. The Balaban J connectivity index is 1.33. The van der Waals surface area contributed by atoms with Crippen LogP contribution in [0.2, 0.25) is 0 Å². The first kappa shape index (κ1) is 17.4. The molecule has 144 valence electrons. The molecule has 3 atom stereocenters. The molecule has 0 aliphatic carbocycles. The molecule has 0 saturated carbocycles. The van der Waals surface area contributed by atoms with E-state index in [-0.39, 0.29) is 5.82 Å². The maximum absolute atomic E-state index is 13.4. The van der Waals surface area contributed by atoms with Crippen LogP contribution in [0, 0.1) is 18.7 Å². The van der Waals surface area contributed by atoms with Crippen LogP contribution < -0.4 is 0 Å². The van der Waals surface area contributed by atoms with E-state index >= 15 is 0 Å². The van der Waals surface area contributed by atoms with Crippen LogP contribution in [0.4, 0.5) is 4.39 Å². The van der Waals surface area contributed by atoms with E-state index in [0.717, 1.165) is 32.0 Å². The molecule has 0 amide bonds. The minimum atomic E-state index is -0.134. The average molecular weight is 369 g/mol. The fraction of sp³-hybridized carbons (Fsp3) is 0.591. The standard InChI is InChI=1S/C22H29FN4/c1-16-13-24-27(14-16)10-2-9-26-15-20(17-3-5-19(23)6-4-17)22-21(26)18-7-11-25(22)12-8-18/h3-6,13-14,18,20-22H,2,7-12,15H2,1H3/t20-,21-,22-/m1/s1. The number of rotatable bonds is 5. The van der Waals surface area contributed by atoms with Gasteiger partial charge in [0.25, 0.3) is 0 Å². The van der Waals surface area contributed by atoms with Crippen molar-refractivity contribution >= 4 is 0 Å². The topological polar surface area (TPSA) is 24.3 Å². The van der Waals surface area contributed by atoms with Crippen molar-refractivity contribution in [2.45, 2.75) is 50.7 Å². The Hall–Kier alpha value is -1.72. The molecular formula is C22H29FN4. The lowest BCUT2D eigenvalue weighted by Crippen LogP contribution is -2.60. The molecule has 6 rings (SSSR count). The molecule has 0 radical (unpaired) electrons. The smallest absolute Gasteiger partial charge is 0.123 e. The van der Waals surface area contributed by atoms with Crippen LogP contribution in [-0.2, 0) is 6.54 Å². The lowest BCUT2D eigenvalue weighted by molar-refractivity contribution is -0.00698. The molecule has 5 heterocycles. The number of nitrogens with zero attached hydrogens (tertiary/aromatic N) is 4. The monoisotopic (exact) mass is 368 g/mol. The summed E-state index contributed by atoms with van der Waals surface area (Å²) < 4.78 is 15.5. The summed E-state index contributed by atoms with van der Waals surface area (Å²) in [4.78, 5) is 5.46. The van der Waals surface area contributed by atoms with Gasteiger partial charge in [-0.3, -0.25) is 14.5 Å². The van der Waals surface area contributed by atoms with Crippen molar-refractivity contribution in [3.63, 3.8) is 0 Å². The second-order valence-electron chi connectivity index (χ2n) is 8.64. The van der Waals surface area contributed by atoms with Crippen molar-refractivity contribution in [2.24, 2.45) is 5.92 Å². The third-order valence-electron chi connectivity index (χ3n) is 6.99. The Labute approximate surface area is 161 Å². The largest absolute Gasteiger partial charge is 0.298 e. The van der Waals surface area contributed by atoms with Crippen LogP contribution in [-0.4, -0.2) is 57.8 Å². The van der Waals surface area contributed by atoms with Crippen molar-refractivity contribution < 1.29 is 4.39 Å². The SMILES string of the molecule is Cc1cnn(CCCN2C[C@H](c3ccc(F)cc3)[C@@H]3[C@H]2C2CCN3CC2)c1. The number of likely N-dealkylation sites (tertiary alicyclic amines) is 1. The second kappa shape index (κ2) is 7.02. The van der Waals surface area contributed by atoms with Crippen molar-refractivity contribution in [3.8, 4) is 0 Å². The first-order valence-electron chi connectivity index (χ1n) is 10.4. The Morgan fingerprint density at radius 2 is 1.85 bits per heavy atom. The predicted molar refractivity (Wildman–Crippen MR) is 104 cm³/mol. The molecule has 0 unspecified atom stereocenters. The van der Waals surface area contributed by atoms with E-state index in [2.05, 4.69) is 32.7 Å². The van der Waals surface area contributed by atoms with Crippen molar-refractivity contribution in [2.75, 3.05) is 26.2 Å². The van der Waals surface area contributed by atoms with Gasteiger partial charge in [-0.1, -0.05) is 12.1 Å². The Bertz CT molecular complexity index is 778. The zero-order valence-electron chi connectivity index (χ0n) is 16.1. The van der Waals surface area contributed by atoms with Gasteiger partial charge in [-0.25, -0.2) is 4.39 Å². The van der Waals surface area contributed by atoms with E-state index in [0.29, 0.717) is 18.0 Å². The van der Waals surface area contributed by atoms with E-state index in [1.807, 2.05) is 18.3 Å². The zero-order valence-corrected chi connectivity index (χ0v) is 16.1. The van der Waals surface area contributed by atoms with Crippen LogP contribution in [0.3, 0.4) is 0 Å². The molecule has 1 aromatic heterocycles. The number of aromatic nitrogens is 2. The highest BCUT2D eigenvalue weighted by Gasteiger charge is 2.52. The first-order valence-corrected chi connectivity index (χ1v) is 10.4. The molecule has 1 aromatic carbocycles. The van der Waals surface area contributed by atoms with Gasteiger partial charge in [0.15, 0.2) is 0 Å². The molecular weight excluding hydrogens is 339 g/mol. The summed E-state index contributed by atoms with van der Waals surface area (Å²) in [5.74, 6) is 1.20. The average Bonchev–Trinajstić information content (AvgIpc) is 3.29. The van der Waals surface area contributed by atoms with Crippen LogP contribution in [0.1, 0.15) is 36.3 Å². The van der Waals surface area contributed by atoms with Gasteiger partial charge in [-0.2, -0.15) is 5.10 Å². The highest BCUT2D eigenvalue weighted by Crippen LogP contribution is 2.46. The predicted octanol–water partition coefficient (Wildman–Crippen LogP) is 3.28. The summed E-state index contributed by atoms with van der Waals surface area (Å²) >= 11 is 0. The van der Waals surface area contributed by atoms with Gasteiger partial charge >= 0.3 is 0 Å². The van der Waals surface area contributed by atoms with Crippen LogP contribution in [0.25, 0.3) is 0 Å². The lowest BCUT2D eigenvalue weighted by atomic mass is 9.75. The number of hydrogen-bond donors (Lipinski definition) is 0. The molecule has 2 bridgehead atoms. The maximum Gasteiger partial charge on any atom is 0.123 e. The summed E-state index contributed by atoms with van der Waals surface area (Å²) in [5.41, 5.74) is 2.54. The molecule has 27 heavy (non-hydrogen) atoms. The highest BCUT2D eigenvalue weighted by molar-refractivity contribution is 5.27. The number of hydrogen-bond acceptors (Lipinski definition) is 3. The number of piperidine rings is 3. The number of fused-ring (bicyclic) bond motifs is 2. The lowest BCUT2D eigenvalue weighted by Gasteiger charge is -2.51. The summed E-state index contributed by atoms with van der Waals surface area (Å²) in [6, 6.07) is 8.55. The van der Waals surface area contributed by atoms with Crippen LogP contribution in [0.5, 0.6) is 0 Å². The molecule has 4 saturated heterocycles. The van der Waals surface area contributed by atoms with E-state index in [1.54, 1.807) is 12.1 Å².